The number of likely N-dealkylation sites (tertiary alicyclic amines) is 1. The molecule has 1 saturated heterocycles. The first-order valence-electron chi connectivity index (χ1n) is 10.6. The molecule has 2 aliphatic heterocycles. The van der Waals surface area contributed by atoms with E-state index >= 15 is 0 Å². The molecule has 2 heterocycles. The zero-order valence-electron chi connectivity index (χ0n) is 16.8. The van der Waals surface area contributed by atoms with Crippen molar-refractivity contribution in [1.29, 1.82) is 0 Å². The molecule has 0 spiro atoms. The summed E-state index contributed by atoms with van der Waals surface area (Å²) in [6, 6.07) is 14.5. The number of nitrogens with zero attached hydrogens (tertiary/aromatic N) is 2. The van der Waals surface area contributed by atoms with Crippen molar-refractivity contribution in [3.8, 4) is 0 Å². The number of amides is 1. The lowest BCUT2D eigenvalue weighted by atomic mass is 9.88. The van der Waals surface area contributed by atoms with Crippen molar-refractivity contribution in [1.82, 2.24) is 9.80 Å². The molecule has 4 nitrogen and oxygen atoms in total. The average molecular weight is 394 g/mol. The van der Waals surface area contributed by atoms with Gasteiger partial charge in [0.2, 0.25) is 0 Å². The Morgan fingerprint density at radius 1 is 1.03 bits per heavy atom. The third-order valence-corrected chi connectivity index (χ3v) is 6.87. The summed E-state index contributed by atoms with van der Waals surface area (Å²) in [5.74, 6) is 0.600. The van der Waals surface area contributed by atoms with Crippen LogP contribution in [-0.2, 0) is 11.2 Å². The number of carbonyl (C=O) groups excluding carboxylic acids is 1. The van der Waals surface area contributed by atoms with Crippen molar-refractivity contribution in [2.75, 3.05) is 26.7 Å². The molecule has 0 aromatic heterocycles. The summed E-state index contributed by atoms with van der Waals surface area (Å²) in [6.07, 6.45) is 2.86. The van der Waals surface area contributed by atoms with Gasteiger partial charge in [0.1, 0.15) is 11.9 Å². The normalized spacial score (nSPS) is 28.8. The van der Waals surface area contributed by atoms with Crippen molar-refractivity contribution in [2.45, 2.75) is 31.4 Å². The Hall–Kier alpha value is -2.40. The Labute approximate surface area is 171 Å². The molecule has 2 bridgehead atoms. The van der Waals surface area contributed by atoms with Gasteiger partial charge in [0, 0.05) is 31.5 Å². The van der Waals surface area contributed by atoms with E-state index in [1.165, 1.54) is 17.7 Å². The lowest BCUT2D eigenvalue weighted by Crippen LogP contribution is -2.48. The molecule has 2 aromatic carbocycles. The molecule has 1 unspecified atom stereocenters. The molecular formula is C24H27FN2O2. The van der Waals surface area contributed by atoms with Crippen molar-refractivity contribution in [3.63, 3.8) is 0 Å². The largest absolute Gasteiger partial charge is 0.445 e. The van der Waals surface area contributed by atoms with Gasteiger partial charge in [-0.05, 0) is 55.1 Å². The average Bonchev–Trinajstić information content (AvgIpc) is 2.96. The minimum absolute atomic E-state index is 0.0183. The maximum absolute atomic E-state index is 13.5. The van der Waals surface area contributed by atoms with Crippen LogP contribution in [0, 0.1) is 17.7 Å². The van der Waals surface area contributed by atoms with E-state index in [-0.39, 0.29) is 24.1 Å². The second kappa shape index (κ2) is 7.45. The van der Waals surface area contributed by atoms with E-state index in [4.69, 9.17) is 4.74 Å². The highest BCUT2D eigenvalue weighted by molar-refractivity contribution is 5.70. The molecule has 3 aliphatic rings. The molecule has 4 atom stereocenters. The summed E-state index contributed by atoms with van der Waals surface area (Å²) < 4.78 is 19.7. The molecule has 2 aromatic rings. The van der Waals surface area contributed by atoms with Crippen molar-refractivity contribution in [2.24, 2.45) is 11.8 Å². The van der Waals surface area contributed by atoms with Crippen LogP contribution in [0.4, 0.5) is 9.18 Å². The van der Waals surface area contributed by atoms with Gasteiger partial charge in [-0.25, -0.2) is 9.18 Å². The third-order valence-electron chi connectivity index (χ3n) is 6.87. The summed E-state index contributed by atoms with van der Waals surface area (Å²) >= 11 is 0. The fraction of sp³-hybridized carbons (Fsp3) is 0.458. The predicted molar refractivity (Wildman–Crippen MR) is 109 cm³/mol. The van der Waals surface area contributed by atoms with Crippen LogP contribution >= 0.6 is 0 Å². The van der Waals surface area contributed by atoms with Crippen LogP contribution in [0.15, 0.2) is 48.5 Å². The highest BCUT2D eigenvalue weighted by atomic mass is 19.1. The molecule has 1 amide bonds. The minimum atomic E-state index is -0.269. The molecule has 0 radical (unpaired) electrons. The van der Waals surface area contributed by atoms with Gasteiger partial charge < -0.3 is 9.64 Å². The Morgan fingerprint density at radius 2 is 1.72 bits per heavy atom. The molecule has 1 saturated carbocycles. The lowest BCUT2D eigenvalue weighted by Gasteiger charge is -2.40. The molecule has 5 rings (SSSR count). The number of halogens is 1. The molecule has 152 valence electrons. The number of hydrogen-bond donors (Lipinski definition) is 0. The van der Waals surface area contributed by atoms with E-state index in [9.17, 15) is 9.18 Å². The van der Waals surface area contributed by atoms with E-state index in [1.54, 1.807) is 12.1 Å². The molecule has 29 heavy (non-hydrogen) atoms. The second-order valence-corrected chi connectivity index (χ2v) is 8.76. The number of carbonyl (C=O) groups is 1. The van der Waals surface area contributed by atoms with Crippen LogP contribution in [0.2, 0.25) is 0 Å². The smallest absolute Gasteiger partial charge is 0.410 e. The Balaban J connectivity index is 1.43. The minimum Gasteiger partial charge on any atom is -0.445 e. The SMILES string of the molecule is CN1C[C@H]2CC[C@@H](C1)C2OC(=O)N1CCc2ccccc2[C@@H]1c1ccc(F)cc1. The zero-order chi connectivity index (χ0) is 20.0. The monoisotopic (exact) mass is 394 g/mol. The van der Waals surface area contributed by atoms with E-state index < -0.39 is 0 Å². The van der Waals surface area contributed by atoms with Crippen molar-refractivity contribution in [3.05, 3.63) is 71.0 Å². The molecule has 0 N–H and O–H groups in total. The molecular weight excluding hydrogens is 367 g/mol. The second-order valence-electron chi connectivity index (χ2n) is 8.76. The van der Waals surface area contributed by atoms with Crippen LogP contribution in [0.1, 0.15) is 35.6 Å². The topological polar surface area (TPSA) is 32.8 Å². The Morgan fingerprint density at radius 3 is 2.45 bits per heavy atom. The summed E-state index contributed by atoms with van der Waals surface area (Å²) in [6.45, 7) is 2.61. The fourth-order valence-electron chi connectivity index (χ4n) is 5.55. The number of hydrogen-bond acceptors (Lipinski definition) is 3. The first-order chi connectivity index (χ1) is 14.1. The van der Waals surface area contributed by atoms with E-state index in [0.29, 0.717) is 18.4 Å². The number of rotatable bonds is 2. The molecule has 5 heteroatoms. The van der Waals surface area contributed by atoms with Gasteiger partial charge in [0.25, 0.3) is 0 Å². The maximum Gasteiger partial charge on any atom is 0.410 e. The Bertz CT molecular complexity index is 886. The maximum atomic E-state index is 13.5. The van der Waals surface area contributed by atoms with Crippen LogP contribution in [0.25, 0.3) is 0 Å². The number of benzene rings is 2. The van der Waals surface area contributed by atoms with E-state index in [2.05, 4.69) is 24.1 Å². The van der Waals surface area contributed by atoms with Crippen LogP contribution in [0.5, 0.6) is 0 Å². The first kappa shape index (κ1) is 18.6. The third kappa shape index (κ3) is 3.42. The van der Waals surface area contributed by atoms with Gasteiger partial charge in [0.15, 0.2) is 0 Å². The van der Waals surface area contributed by atoms with Gasteiger partial charge in [-0.3, -0.25) is 4.90 Å². The Kier molecular flexibility index (Phi) is 4.78. The highest BCUT2D eigenvalue weighted by Crippen LogP contribution is 2.40. The fourth-order valence-corrected chi connectivity index (χ4v) is 5.55. The van der Waals surface area contributed by atoms with Crippen molar-refractivity contribution >= 4 is 6.09 Å². The van der Waals surface area contributed by atoms with Gasteiger partial charge in [-0.1, -0.05) is 36.4 Å². The summed E-state index contributed by atoms with van der Waals surface area (Å²) in [5, 5.41) is 0. The number of ether oxygens (including phenoxy) is 1. The molecule has 2 fully saturated rings. The predicted octanol–water partition coefficient (Wildman–Crippen LogP) is 4.25. The summed E-state index contributed by atoms with van der Waals surface area (Å²) in [5.41, 5.74) is 3.26. The van der Waals surface area contributed by atoms with Crippen molar-refractivity contribution < 1.29 is 13.9 Å². The van der Waals surface area contributed by atoms with Crippen LogP contribution < -0.4 is 0 Å². The van der Waals surface area contributed by atoms with Gasteiger partial charge in [-0.2, -0.15) is 0 Å². The van der Waals surface area contributed by atoms with Gasteiger partial charge >= 0.3 is 6.09 Å². The summed E-state index contributed by atoms with van der Waals surface area (Å²) in [4.78, 5) is 17.5. The summed E-state index contributed by atoms with van der Waals surface area (Å²) in [7, 11) is 2.15. The first-order valence-corrected chi connectivity index (χ1v) is 10.6. The van der Waals surface area contributed by atoms with Crippen LogP contribution in [0.3, 0.4) is 0 Å². The van der Waals surface area contributed by atoms with E-state index in [1.807, 2.05) is 17.0 Å². The van der Waals surface area contributed by atoms with Crippen LogP contribution in [-0.4, -0.2) is 48.7 Å². The quantitative estimate of drug-likeness (QED) is 0.763. The van der Waals surface area contributed by atoms with Gasteiger partial charge in [-0.15, -0.1) is 0 Å². The lowest BCUT2D eigenvalue weighted by molar-refractivity contribution is -0.0139. The molecule has 1 aliphatic carbocycles. The number of piperidine rings is 1. The number of fused-ring (bicyclic) bond motifs is 3. The van der Waals surface area contributed by atoms with E-state index in [0.717, 1.165) is 43.5 Å². The van der Waals surface area contributed by atoms with Gasteiger partial charge in [0.05, 0.1) is 6.04 Å². The highest BCUT2D eigenvalue weighted by Gasteiger charge is 2.45. The zero-order valence-corrected chi connectivity index (χ0v) is 16.8. The standard InChI is InChI=1S/C24H27FN2O2/c1-26-14-18-6-7-19(15-26)23(18)29-24(28)27-13-12-16-4-2-3-5-21(16)22(27)17-8-10-20(25)11-9-17/h2-5,8-11,18-19,22-23H,6-7,12-15H2,1H3/t18-,19+,22-,23?/m0/s1.